The van der Waals surface area contributed by atoms with Crippen molar-refractivity contribution in [1.29, 1.82) is 0 Å². The maximum atomic E-state index is 12.4. The number of carboxylic acid groups (broad SMARTS) is 1. The topological polar surface area (TPSA) is 101 Å². The molecule has 0 aliphatic heterocycles. The minimum atomic E-state index is -1.15. The van der Waals surface area contributed by atoms with Gasteiger partial charge in [-0.2, -0.15) is 0 Å². The zero-order valence-electron chi connectivity index (χ0n) is 10.8. The number of phenols is 1. The van der Waals surface area contributed by atoms with Gasteiger partial charge < -0.3 is 15.9 Å². The maximum Gasteiger partial charge on any atom is 0.337 e. The van der Waals surface area contributed by atoms with E-state index in [0.29, 0.717) is 5.56 Å². The SMILES string of the molecule is Cc1c(C(=O)c2ccccc2O)ccc(C(=O)O)c1N. The molecular formula is C15H13NO4. The standard InChI is InChI=1S/C15H13NO4/c1-8-9(6-7-11(13(8)16)15(19)20)14(18)10-4-2-3-5-12(10)17/h2-7,17H,16H2,1H3,(H,19,20). The van der Waals surface area contributed by atoms with Gasteiger partial charge in [-0.15, -0.1) is 0 Å². The molecule has 5 heteroatoms. The number of rotatable bonds is 3. The zero-order chi connectivity index (χ0) is 14.9. The normalized spacial score (nSPS) is 10.2. The Labute approximate surface area is 115 Å². The van der Waals surface area contributed by atoms with Gasteiger partial charge in [-0.3, -0.25) is 4.79 Å². The Hall–Kier alpha value is -2.82. The highest BCUT2D eigenvalue weighted by Crippen LogP contribution is 2.26. The molecule has 0 aromatic heterocycles. The van der Waals surface area contributed by atoms with Crippen LogP contribution in [-0.4, -0.2) is 22.0 Å². The summed E-state index contributed by atoms with van der Waals surface area (Å²) in [6.07, 6.45) is 0. The van der Waals surface area contributed by atoms with E-state index >= 15 is 0 Å². The number of nitrogen functional groups attached to an aromatic ring is 1. The first kappa shape index (κ1) is 13.6. The van der Waals surface area contributed by atoms with Crippen LogP contribution in [-0.2, 0) is 0 Å². The molecule has 0 aliphatic rings. The second-order valence-corrected chi connectivity index (χ2v) is 4.35. The fraction of sp³-hybridized carbons (Fsp3) is 0.0667. The van der Waals surface area contributed by atoms with Crippen molar-refractivity contribution in [2.24, 2.45) is 0 Å². The van der Waals surface area contributed by atoms with Crippen molar-refractivity contribution in [3.63, 3.8) is 0 Å². The number of carbonyl (C=O) groups excluding carboxylic acids is 1. The smallest absolute Gasteiger partial charge is 0.337 e. The largest absolute Gasteiger partial charge is 0.507 e. The molecule has 0 heterocycles. The number of anilines is 1. The summed E-state index contributed by atoms with van der Waals surface area (Å²) >= 11 is 0. The molecule has 2 rings (SSSR count). The lowest BCUT2D eigenvalue weighted by Crippen LogP contribution is -2.10. The number of carbonyl (C=O) groups is 2. The number of benzene rings is 2. The minimum Gasteiger partial charge on any atom is -0.507 e. The monoisotopic (exact) mass is 271 g/mol. The van der Waals surface area contributed by atoms with Crippen LogP contribution in [0.2, 0.25) is 0 Å². The van der Waals surface area contributed by atoms with Crippen molar-refractivity contribution in [1.82, 2.24) is 0 Å². The van der Waals surface area contributed by atoms with Crippen LogP contribution in [0.1, 0.15) is 31.8 Å². The van der Waals surface area contributed by atoms with Crippen LogP contribution in [0.25, 0.3) is 0 Å². The average molecular weight is 271 g/mol. The molecule has 2 aromatic carbocycles. The molecule has 0 aliphatic carbocycles. The van der Waals surface area contributed by atoms with E-state index < -0.39 is 11.8 Å². The van der Waals surface area contributed by atoms with E-state index in [0.717, 1.165) is 0 Å². The lowest BCUT2D eigenvalue weighted by molar-refractivity contribution is 0.0697. The molecule has 0 saturated heterocycles. The van der Waals surface area contributed by atoms with E-state index in [1.165, 1.54) is 24.3 Å². The van der Waals surface area contributed by atoms with Crippen molar-refractivity contribution in [2.45, 2.75) is 6.92 Å². The van der Waals surface area contributed by atoms with Gasteiger partial charge >= 0.3 is 5.97 Å². The number of hydrogen-bond donors (Lipinski definition) is 3. The molecule has 0 radical (unpaired) electrons. The summed E-state index contributed by atoms with van der Waals surface area (Å²) in [5.41, 5.74) is 6.56. The van der Waals surface area contributed by atoms with Crippen LogP contribution in [0, 0.1) is 6.92 Å². The fourth-order valence-electron chi connectivity index (χ4n) is 1.97. The van der Waals surface area contributed by atoms with Gasteiger partial charge in [0.2, 0.25) is 0 Å². The molecule has 0 bridgehead atoms. The first-order chi connectivity index (χ1) is 9.43. The zero-order valence-corrected chi connectivity index (χ0v) is 10.8. The third-order valence-corrected chi connectivity index (χ3v) is 3.14. The van der Waals surface area contributed by atoms with E-state index in [2.05, 4.69) is 0 Å². The van der Waals surface area contributed by atoms with E-state index in [1.54, 1.807) is 19.1 Å². The molecule has 20 heavy (non-hydrogen) atoms. The molecule has 2 aromatic rings. The minimum absolute atomic E-state index is 0.0451. The summed E-state index contributed by atoms with van der Waals surface area (Å²) in [7, 11) is 0. The van der Waals surface area contributed by atoms with Gasteiger partial charge in [0.1, 0.15) is 5.75 Å². The number of aromatic hydroxyl groups is 1. The highest BCUT2D eigenvalue weighted by molar-refractivity contribution is 6.13. The average Bonchev–Trinajstić information content (AvgIpc) is 2.41. The Morgan fingerprint density at radius 3 is 2.20 bits per heavy atom. The predicted molar refractivity (Wildman–Crippen MR) is 74.1 cm³/mol. The molecule has 5 nitrogen and oxygen atoms in total. The highest BCUT2D eigenvalue weighted by atomic mass is 16.4. The molecule has 0 amide bonds. The van der Waals surface area contributed by atoms with Crippen LogP contribution in [0.4, 0.5) is 5.69 Å². The number of nitrogens with two attached hydrogens (primary N) is 1. The Morgan fingerprint density at radius 1 is 1.00 bits per heavy atom. The Morgan fingerprint density at radius 2 is 1.60 bits per heavy atom. The summed E-state index contributed by atoms with van der Waals surface area (Å²) in [5.74, 6) is -1.67. The van der Waals surface area contributed by atoms with Crippen LogP contribution in [0.15, 0.2) is 36.4 Å². The van der Waals surface area contributed by atoms with Crippen LogP contribution >= 0.6 is 0 Å². The Balaban J connectivity index is 2.55. The second kappa shape index (κ2) is 5.05. The van der Waals surface area contributed by atoms with Crippen molar-refractivity contribution in [3.8, 4) is 5.75 Å². The van der Waals surface area contributed by atoms with Crippen molar-refractivity contribution in [2.75, 3.05) is 5.73 Å². The summed E-state index contributed by atoms with van der Waals surface area (Å²) in [4.78, 5) is 23.3. The van der Waals surface area contributed by atoms with Gasteiger partial charge in [0, 0.05) is 11.3 Å². The number of phenolic OH excluding ortho intramolecular Hbond substituents is 1. The Kier molecular flexibility index (Phi) is 3.43. The number of aromatic carboxylic acids is 1. The third kappa shape index (κ3) is 2.21. The fourth-order valence-corrected chi connectivity index (χ4v) is 1.97. The Bertz CT molecular complexity index is 707. The van der Waals surface area contributed by atoms with Gasteiger partial charge in [0.15, 0.2) is 5.78 Å². The van der Waals surface area contributed by atoms with Crippen LogP contribution < -0.4 is 5.73 Å². The number of ketones is 1. The molecule has 0 atom stereocenters. The van der Waals surface area contributed by atoms with E-state index in [4.69, 9.17) is 10.8 Å². The van der Waals surface area contributed by atoms with E-state index in [1.807, 2.05) is 0 Å². The first-order valence-corrected chi connectivity index (χ1v) is 5.88. The van der Waals surface area contributed by atoms with Gasteiger partial charge in [0.05, 0.1) is 11.1 Å². The molecule has 0 unspecified atom stereocenters. The summed E-state index contributed by atoms with van der Waals surface area (Å²) in [5, 5.41) is 18.7. The second-order valence-electron chi connectivity index (χ2n) is 4.35. The number of hydrogen-bond acceptors (Lipinski definition) is 4. The third-order valence-electron chi connectivity index (χ3n) is 3.14. The number of carboxylic acids is 1. The van der Waals surface area contributed by atoms with Crippen molar-refractivity contribution in [3.05, 3.63) is 58.7 Å². The summed E-state index contributed by atoms with van der Waals surface area (Å²) in [6, 6.07) is 8.86. The molecule has 0 fully saturated rings. The van der Waals surface area contributed by atoms with Crippen molar-refractivity contribution < 1.29 is 19.8 Å². The van der Waals surface area contributed by atoms with Crippen molar-refractivity contribution >= 4 is 17.4 Å². The molecular weight excluding hydrogens is 258 g/mol. The molecule has 4 N–H and O–H groups in total. The lowest BCUT2D eigenvalue weighted by atomic mass is 9.95. The quantitative estimate of drug-likeness (QED) is 0.587. The summed E-state index contributed by atoms with van der Waals surface area (Å²) in [6.45, 7) is 1.58. The first-order valence-electron chi connectivity index (χ1n) is 5.88. The maximum absolute atomic E-state index is 12.4. The molecule has 0 saturated carbocycles. The van der Waals surface area contributed by atoms with E-state index in [9.17, 15) is 14.7 Å². The predicted octanol–water partition coefficient (Wildman–Crippen LogP) is 2.21. The van der Waals surface area contributed by atoms with Gasteiger partial charge in [-0.25, -0.2) is 4.79 Å². The van der Waals surface area contributed by atoms with Crippen LogP contribution in [0.3, 0.4) is 0 Å². The van der Waals surface area contributed by atoms with Crippen LogP contribution in [0.5, 0.6) is 5.75 Å². The summed E-state index contributed by atoms with van der Waals surface area (Å²) < 4.78 is 0. The molecule has 102 valence electrons. The van der Waals surface area contributed by atoms with Gasteiger partial charge in [-0.1, -0.05) is 12.1 Å². The van der Waals surface area contributed by atoms with Gasteiger partial charge in [-0.05, 0) is 36.8 Å². The highest BCUT2D eigenvalue weighted by Gasteiger charge is 2.19. The molecule has 0 spiro atoms. The number of para-hydroxylation sites is 1. The van der Waals surface area contributed by atoms with E-state index in [-0.39, 0.29) is 28.1 Å². The van der Waals surface area contributed by atoms with Gasteiger partial charge in [0.25, 0.3) is 0 Å². The lowest BCUT2D eigenvalue weighted by Gasteiger charge is -2.11.